The molecule has 0 N–H and O–H groups in total. The average Bonchev–Trinajstić information content (AvgIpc) is 3.07. The van der Waals surface area contributed by atoms with Gasteiger partial charge in [0.05, 0.1) is 16.5 Å². The van der Waals surface area contributed by atoms with Crippen LogP contribution in [0.2, 0.25) is 10.0 Å². The Bertz CT molecular complexity index is 1200. The maximum atomic E-state index is 12.7. The standard InChI is InChI=1S/C25H19Cl2NO4S/c26-19-10-8-17(9-11-19)16-32-20-5-3-4-18(14-20)15-23-24(29)28(25(30)33-23)12-13-31-22-7-2-1-6-21(22)27/h1-11,14-15H,12-13,16H2/b23-15-. The zero-order valence-electron chi connectivity index (χ0n) is 17.4. The summed E-state index contributed by atoms with van der Waals surface area (Å²) < 4.78 is 11.4. The molecule has 1 heterocycles. The number of para-hydroxylation sites is 1. The smallest absolute Gasteiger partial charge is 0.293 e. The van der Waals surface area contributed by atoms with Crippen molar-refractivity contribution in [2.75, 3.05) is 13.2 Å². The second-order valence-corrected chi connectivity index (χ2v) is 8.94. The van der Waals surface area contributed by atoms with Crippen molar-refractivity contribution >= 4 is 52.2 Å². The van der Waals surface area contributed by atoms with Crippen LogP contribution in [-0.4, -0.2) is 29.2 Å². The highest BCUT2D eigenvalue weighted by atomic mass is 35.5. The third-order valence-corrected chi connectivity index (χ3v) is 6.23. The topological polar surface area (TPSA) is 55.8 Å². The molecular weight excluding hydrogens is 481 g/mol. The minimum absolute atomic E-state index is 0.136. The van der Waals surface area contributed by atoms with E-state index in [1.54, 1.807) is 30.3 Å². The van der Waals surface area contributed by atoms with Gasteiger partial charge in [0, 0.05) is 5.02 Å². The molecule has 0 atom stereocenters. The highest BCUT2D eigenvalue weighted by molar-refractivity contribution is 8.18. The number of amides is 2. The number of thioether (sulfide) groups is 1. The lowest BCUT2D eigenvalue weighted by atomic mass is 10.2. The van der Waals surface area contributed by atoms with Crippen molar-refractivity contribution in [1.29, 1.82) is 0 Å². The normalized spacial score (nSPS) is 14.7. The van der Waals surface area contributed by atoms with Crippen molar-refractivity contribution < 1.29 is 19.1 Å². The van der Waals surface area contributed by atoms with Gasteiger partial charge in [0.25, 0.3) is 11.1 Å². The maximum Gasteiger partial charge on any atom is 0.293 e. The van der Waals surface area contributed by atoms with Crippen molar-refractivity contribution in [2.24, 2.45) is 0 Å². The molecule has 33 heavy (non-hydrogen) atoms. The van der Waals surface area contributed by atoms with Crippen molar-refractivity contribution in [3.05, 3.63) is 98.9 Å². The number of halogens is 2. The van der Waals surface area contributed by atoms with E-state index in [9.17, 15) is 9.59 Å². The van der Waals surface area contributed by atoms with Crippen LogP contribution in [0.4, 0.5) is 4.79 Å². The largest absolute Gasteiger partial charge is 0.490 e. The van der Waals surface area contributed by atoms with Crippen LogP contribution in [0.1, 0.15) is 11.1 Å². The van der Waals surface area contributed by atoms with Crippen LogP contribution in [0.25, 0.3) is 6.08 Å². The molecule has 5 nitrogen and oxygen atoms in total. The first-order chi connectivity index (χ1) is 16.0. The first-order valence-corrected chi connectivity index (χ1v) is 11.7. The number of rotatable bonds is 8. The molecule has 0 unspecified atom stereocenters. The lowest BCUT2D eigenvalue weighted by Gasteiger charge is -2.13. The molecule has 1 aliphatic heterocycles. The summed E-state index contributed by atoms with van der Waals surface area (Å²) in [4.78, 5) is 26.6. The van der Waals surface area contributed by atoms with Gasteiger partial charge in [0.1, 0.15) is 24.7 Å². The molecule has 1 fully saturated rings. The summed E-state index contributed by atoms with van der Waals surface area (Å²) in [6.45, 7) is 0.684. The number of nitrogens with zero attached hydrogens (tertiary/aromatic N) is 1. The second kappa shape index (κ2) is 10.8. The van der Waals surface area contributed by atoms with Gasteiger partial charge in [-0.2, -0.15) is 0 Å². The molecule has 0 spiro atoms. The number of hydrogen-bond acceptors (Lipinski definition) is 5. The van der Waals surface area contributed by atoms with Gasteiger partial charge >= 0.3 is 0 Å². The Labute approximate surface area is 205 Å². The maximum absolute atomic E-state index is 12.7. The van der Waals surface area contributed by atoms with E-state index in [4.69, 9.17) is 32.7 Å². The molecule has 3 aromatic carbocycles. The molecule has 2 amide bonds. The Hall–Kier alpha value is -2.93. The van der Waals surface area contributed by atoms with Gasteiger partial charge in [-0.05, 0) is 65.4 Å². The van der Waals surface area contributed by atoms with E-state index < -0.39 is 0 Å². The third-order valence-electron chi connectivity index (χ3n) is 4.76. The fourth-order valence-corrected chi connectivity index (χ4v) is 4.28. The van der Waals surface area contributed by atoms with E-state index in [2.05, 4.69) is 0 Å². The molecule has 8 heteroatoms. The van der Waals surface area contributed by atoms with E-state index in [1.807, 2.05) is 48.5 Å². The van der Waals surface area contributed by atoms with E-state index in [0.717, 1.165) is 22.9 Å². The number of carbonyl (C=O) groups excluding carboxylic acids is 2. The van der Waals surface area contributed by atoms with Crippen molar-refractivity contribution in [3.63, 3.8) is 0 Å². The van der Waals surface area contributed by atoms with Crippen LogP contribution >= 0.6 is 35.0 Å². The van der Waals surface area contributed by atoms with Gasteiger partial charge in [0.2, 0.25) is 0 Å². The van der Waals surface area contributed by atoms with Crippen LogP contribution in [-0.2, 0) is 11.4 Å². The summed E-state index contributed by atoms with van der Waals surface area (Å²) in [7, 11) is 0. The Balaban J connectivity index is 1.37. The number of hydrogen-bond donors (Lipinski definition) is 0. The summed E-state index contributed by atoms with van der Waals surface area (Å²) in [5, 5.41) is 0.818. The molecule has 0 bridgehead atoms. The van der Waals surface area contributed by atoms with Gasteiger partial charge in [0.15, 0.2) is 0 Å². The van der Waals surface area contributed by atoms with Gasteiger partial charge in [-0.3, -0.25) is 14.5 Å². The van der Waals surface area contributed by atoms with E-state index in [-0.39, 0.29) is 24.3 Å². The summed E-state index contributed by atoms with van der Waals surface area (Å²) in [5.41, 5.74) is 1.76. The predicted octanol–water partition coefficient (Wildman–Crippen LogP) is 6.69. The summed E-state index contributed by atoms with van der Waals surface area (Å²) in [5.74, 6) is 0.823. The lowest BCUT2D eigenvalue weighted by molar-refractivity contribution is -0.123. The SMILES string of the molecule is O=C1S/C(=C\c2cccc(OCc3ccc(Cl)cc3)c2)C(=O)N1CCOc1ccccc1Cl. The van der Waals surface area contributed by atoms with Crippen molar-refractivity contribution in [2.45, 2.75) is 6.61 Å². The Morgan fingerprint density at radius 2 is 1.70 bits per heavy atom. The second-order valence-electron chi connectivity index (χ2n) is 7.10. The highest BCUT2D eigenvalue weighted by Gasteiger charge is 2.34. The first kappa shape index (κ1) is 23.2. The first-order valence-electron chi connectivity index (χ1n) is 10.1. The number of imide groups is 1. The minimum Gasteiger partial charge on any atom is -0.490 e. The minimum atomic E-state index is -0.347. The lowest BCUT2D eigenvalue weighted by Crippen LogP contribution is -2.32. The molecule has 0 radical (unpaired) electrons. The fraction of sp³-hybridized carbons (Fsp3) is 0.120. The number of benzene rings is 3. The molecule has 3 aromatic rings. The van der Waals surface area contributed by atoms with Crippen LogP contribution in [0.3, 0.4) is 0 Å². The third kappa shape index (κ3) is 6.11. The van der Waals surface area contributed by atoms with Crippen LogP contribution < -0.4 is 9.47 Å². The van der Waals surface area contributed by atoms with Crippen LogP contribution in [0, 0.1) is 0 Å². The van der Waals surface area contributed by atoms with E-state index in [0.29, 0.717) is 33.1 Å². The highest BCUT2D eigenvalue weighted by Crippen LogP contribution is 2.33. The number of ether oxygens (including phenoxy) is 2. The fourth-order valence-electron chi connectivity index (χ4n) is 3.09. The van der Waals surface area contributed by atoms with Gasteiger partial charge in [-0.15, -0.1) is 0 Å². The van der Waals surface area contributed by atoms with E-state index in [1.165, 1.54) is 4.90 Å². The average molecular weight is 500 g/mol. The predicted molar refractivity (Wildman–Crippen MR) is 132 cm³/mol. The number of carbonyl (C=O) groups is 2. The van der Waals surface area contributed by atoms with Crippen LogP contribution in [0.5, 0.6) is 11.5 Å². The Kier molecular flexibility index (Phi) is 7.60. The van der Waals surface area contributed by atoms with Gasteiger partial charge < -0.3 is 9.47 Å². The summed E-state index contributed by atoms with van der Waals surface area (Å²) in [6.07, 6.45) is 1.69. The molecule has 1 saturated heterocycles. The van der Waals surface area contributed by atoms with E-state index >= 15 is 0 Å². The van der Waals surface area contributed by atoms with Crippen LogP contribution in [0.15, 0.2) is 77.7 Å². The molecular formula is C25H19Cl2NO4S. The Morgan fingerprint density at radius 1 is 0.909 bits per heavy atom. The zero-order chi connectivity index (χ0) is 23.2. The molecule has 0 aromatic heterocycles. The summed E-state index contributed by atoms with van der Waals surface area (Å²) >= 11 is 12.9. The van der Waals surface area contributed by atoms with Crippen molar-refractivity contribution in [3.8, 4) is 11.5 Å². The Morgan fingerprint density at radius 3 is 2.48 bits per heavy atom. The monoisotopic (exact) mass is 499 g/mol. The quantitative estimate of drug-likeness (QED) is 0.323. The van der Waals surface area contributed by atoms with Crippen molar-refractivity contribution in [1.82, 2.24) is 4.90 Å². The molecule has 4 rings (SSSR count). The molecule has 168 valence electrons. The zero-order valence-corrected chi connectivity index (χ0v) is 19.7. The molecule has 0 saturated carbocycles. The summed E-state index contributed by atoms with van der Waals surface area (Å²) in [6, 6.07) is 21.8. The van der Waals surface area contributed by atoms with Gasteiger partial charge in [-0.1, -0.05) is 59.6 Å². The van der Waals surface area contributed by atoms with Gasteiger partial charge in [-0.25, -0.2) is 0 Å². The molecule has 1 aliphatic rings. The molecule has 0 aliphatic carbocycles.